The van der Waals surface area contributed by atoms with Crippen LogP contribution in [0.1, 0.15) is 16.9 Å². The quantitative estimate of drug-likeness (QED) is 0.939. The monoisotopic (exact) mass is 301 g/mol. The molecule has 2 heterocycles. The van der Waals surface area contributed by atoms with E-state index >= 15 is 0 Å². The summed E-state index contributed by atoms with van der Waals surface area (Å²) in [5.41, 5.74) is 1.64. The number of likely N-dealkylation sites (N-methyl/N-ethyl adjacent to an activating group) is 2. The summed E-state index contributed by atoms with van der Waals surface area (Å²) < 4.78 is 5.43. The molecule has 1 saturated heterocycles. The molecule has 1 aliphatic rings. The molecule has 1 fully saturated rings. The summed E-state index contributed by atoms with van der Waals surface area (Å²) in [6, 6.07) is 10.2. The van der Waals surface area contributed by atoms with E-state index < -0.39 is 0 Å². The number of hydrogen-bond donors (Lipinski definition) is 1. The first-order valence-corrected chi connectivity index (χ1v) is 7.64. The van der Waals surface area contributed by atoms with Crippen LogP contribution in [0.5, 0.6) is 0 Å². The van der Waals surface area contributed by atoms with Gasteiger partial charge in [0.05, 0.1) is 6.10 Å². The molecule has 1 N–H and O–H groups in total. The molecule has 1 aromatic heterocycles. The van der Waals surface area contributed by atoms with Crippen LogP contribution in [0.2, 0.25) is 0 Å². The van der Waals surface area contributed by atoms with Crippen LogP contribution in [-0.4, -0.2) is 67.1 Å². The average Bonchev–Trinajstić information content (AvgIpc) is 3.10. The Morgan fingerprint density at radius 1 is 1.45 bits per heavy atom. The minimum Gasteiger partial charge on any atom is -0.380 e. The Bertz CT molecular complexity index is 634. The number of H-pyrrole nitrogens is 1. The Labute approximate surface area is 130 Å². The number of nitrogens with one attached hydrogen (secondary N) is 1. The maximum Gasteiger partial charge on any atom is 0.270 e. The van der Waals surface area contributed by atoms with E-state index in [1.807, 2.05) is 37.4 Å². The van der Waals surface area contributed by atoms with Gasteiger partial charge >= 0.3 is 0 Å². The number of likely N-dealkylation sites (tertiary alicyclic amines) is 1. The first kappa shape index (κ1) is 15.1. The van der Waals surface area contributed by atoms with Crippen molar-refractivity contribution in [2.75, 3.05) is 34.3 Å². The van der Waals surface area contributed by atoms with E-state index in [1.54, 1.807) is 12.0 Å². The van der Waals surface area contributed by atoms with Crippen LogP contribution in [0.4, 0.5) is 0 Å². The maximum atomic E-state index is 12.6. The fraction of sp³-hybridized carbons (Fsp3) is 0.471. The van der Waals surface area contributed by atoms with Gasteiger partial charge in [-0.25, -0.2) is 0 Å². The number of aromatic nitrogens is 1. The summed E-state index contributed by atoms with van der Waals surface area (Å²) in [6.45, 7) is 1.64. The molecule has 1 aliphatic heterocycles. The number of rotatable bonds is 4. The Kier molecular flexibility index (Phi) is 4.18. The van der Waals surface area contributed by atoms with Gasteiger partial charge < -0.3 is 14.6 Å². The van der Waals surface area contributed by atoms with Crippen molar-refractivity contribution in [1.29, 1.82) is 0 Å². The normalized spacial score (nSPS) is 22.3. The predicted octanol–water partition coefficient (Wildman–Crippen LogP) is 1.96. The topological polar surface area (TPSA) is 48.6 Å². The molecule has 1 aromatic carbocycles. The molecule has 2 aromatic rings. The van der Waals surface area contributed by atoms with E-state index in [1.165, 1.54) is 0 Å². The van der Waals surface area contributed by atoms with Crippen LogP contribution < -0.4 is 0 Å². The molecule has 0 aliphatic carbocycles. The molecule has 118 valence electrons. The number of ether oxygens (including phenoxy) is 1. The summed E-state index contributed by atoms with van der Waals surface area (Å²) >= 11 is 0. The van der Waals surface area contributed by atoms with Crippen LogP contribution in [0.25, 0.3) is 10.9 Å². The van der Waals surface area contributed by atoms with E-state index in [0.717, 1.165) is 23.9 Å². The highest BCUT2D eigenvalue weighted by atomic mass is 16.5. The van der Waals surface area contributed by atoms with Crippen LogP contribution in [0.15, 0.2) is 30.3 Å². The highest BCUT2D eigenvalue weighted by Crippen LogP contribution is 2.20. The minimum atomic E-state index is 0.0328. The molecule has 0 bridgehead atoms. The second kappa shape index (κ2) is 6.10. The van der Waals surface area contributed by atoms with Gasteiger partial charge in [-0.05, 0) is 25.6 Å². The van der Waals surface area contributed by atoms with Crippen molar-refractivity contribution in [3.05, 3.63) is 36.0 Å². The summed E-state index contributed by atoms with van der Waals surface area (Å²) in [6.07, 6.45) is 1.24. The van der Waals surface area contributed by atoms with Gasteiger partial charge in [-0.3, -0.25) is 9.69 Å². The van der Waals surface area contributed by atoms with Gasteiger partial charge in [-0.15, -0.1) is 0 Å². The van der Waals surface area contributed by atoms with Crippen molar-refractivity contribution in [2.24, 2.45) is 0 Å². The van der Waals surface area contributed by atoms with Crippen molar-refractivity contribution in [3.8, 4) is 0 Å². The molecule has 0 saturated carbocycles. The fourth-order valence-electron chi connectivity index (χ4n) is 3.21. The lowest BCUT2D eigenvalue weighted by molar-refractivity contribution is 0.0755. The summed E-state index contributed by atoms with van der Waals surface area (Å²) in [7, 11) is 5.70. The number of amides is 1. The number of fused-ring (bicyclic) bond motifs is 1. The molecule has 22 heavy (non-hydrogen) atoms. The van der Waals surface area contributed by atoms with Crippen LogP contribution in [0.3, 0.4) is 0 Å². The van der Waals surface area contributed by atoms with Crippen LogP contribution in [0, 0.1) is 0 Å². The molecule has 1 amide bonds. The van der Waals surface area contributed by atoms with Gasteiger partial charge in [0.1, 0.15) is 5.69 Å². The van der Waals surface area contributed by atoms with Crippen molar-refractivity contribution >= 4 is 16.8 Å². The predicted molar refractivity (Wildman–Crippen MR) is 87.1 cm³/mol. The zero-order valence-electron chi connectivity index (χ0n) is 13.4. The molecular formula is C17H23N3O2. The SMILES string of the molecule is CO[C@H]1C[C@@H](CN(C)C(=O)c2cc3ccccc3[nH]2)N(C)C1. The number of nitrogens with zero attached hydrogens (tertiary/aromatic N) is 2. The standard InChI is InChI=1S/C17H23N3O2/c1-19-11-14(22-3)9-13(19)10-20(2)17(21)16-8-12-6-4-5-7-15(12)18-16/h4-8,13-14,18H,9-11H2,1-3H3/t13-,14-/m0/s1. The van der Waals surface area contributed by atoms with E-state index in [4.69, 9.17) is 4.74 Å². The number of carbonyl (C=O) groups is 1. The van der Waals surface area contributed by atoms with Crippen LogP contribution in [-0.2, 0) is 4.74 Å². The van der Waals surface area contributed by atoms with Gasteiger partial charge in [-0.2, -0.15) is 0 Å². The van der Waals surface area contributed by atoms with E-state index in [9.17, 15) is 4.79 Å². The van der Waals surface area contributed by atoms with Gasteiger partial charge in [-0.1, -0.05) is 18.2 Å². The van der Waals surface area contributed by atoms with Crippen molar-refractivity contribution < 1.29 is 9.53 Å². The Morgan fingerprint density at radius 2 is 2.23 bits per heavy atom. The summed E-state index contributed by atoms with van der Waals surface area (Å²) in [5, 5.41) is 1.07. The lowest BCUT2D eigenvalue weighted by Gasteiger charge is -2.25. The molecule has 0 unspecified atom stereocenters. The van der Waals surface area contributed by atoms with Gasteiger partial charge in [0, 0.05) is 44.2 Å². The van der Waals surface area contributed by atoms with Gasteiger partial charge in [0.25, 0.3) is 5.91 Å². The number of para-hydroxylation sites is 1. The second-order valence-corrected chi connectivity index (χ2v) is 6.14. The Morgan fingerprint density at radius 3 is 2.91 bits per heavy atom. The highest BCUT2D eigenvalue weighted by molar-refractivity contribution is 5.97. The first-order chi connectivity index (χ1) is 10.6. The molecule has 0 spiro atoms. The molecular weight excluding hydrogens is 278 g/mol. The fourth-order valence-corrected chi connectivity index (χ4v) is 3.21. The third-order valence-electron chi connectivity index (χ3n) is 4.57. The van der Waals surface area contributed by atoms with E-state index in [0.29, 0.717) is 18.3 Å². The molecule has 5 nitrogen and oxygen atoms in total. The molecule has 0 radical (unpaired) electrons. The number of hydrogen-bond acceptors (Lipinski definition) is 3. The number of methoxy groups -OCH3 is 1. The maximum absolute atomic E-state index is 12.6. The zero-order chi connectivity index (χ0) is 15.7. The zero-order valence-corrected chi connectivity index (χ0v) is 13.4. The smallest absolute Gasteiger partial charge is 0.270 e. The molecule has 2 atom stereocenters. The largest absolute Gasteiger partial charge is 0.380 e. The van der Waals surface area contributed by atoms with Crippen molar-refractivity contribution in [1.82, 2.24) is 14.8 Å². The third kappa shape index (κ3) is 2.87. The number of aromatic amines is 1. The lowest BCUT2D eigenvalue weighted by atomic mass is 10.2. The summed E-state index contributed by atoms with van der Waals surface area (Å²) in [4.78, 5) is 19.9. The number of benzene rings is 1. The molecule has 3 rings (SSSR count). The Hall–Kier alpha value is -1.85. The highest BCUT2D eigenvalue weighted by Gasteiger charge is 2.31. The van der Waals surface area contributed by atoms with E-state index in [2.05, 4.69) is 16.9 Å². The summed E-state index contributed by atoms with van der Waals surface area (Å²) in [5.74, 6) is 0.0328. The number of carbonyl (C=O) groups excluding carboxylic acids is 1. The lowest BCUT2D eigenvalue weighted by Crippen LogP contribution is -2.39. The minimum absolute atomic E-state index is 0.0328. The van der Waals surface area contributed by atoms with Crippen molar-refractivity contribution in [3.63, 3.8) is 0 Å². The van der Waals surface area contributed by atoms with Gasteiger partial charge in [0.15, 0.2) is 0 Å². The van der Waals surface area contributed by atoms with Gasteiger partial charge in [0.2, 0.25) is 0 Å². The van der Waals surface area contributed by atoms with Crippen LogP contribution >= 0.6 is 0 Å². The Balaban J connectivity index is 1.69. The van der Waals surface area contributed by atoms with E-state index in [-0.39, 0.29) is 12.0 Å². The van der Waals surface area contributed by atoms with Crippen molar-refractivity contribution in [2.45, 2.75) is 18.6 Å². The average molecular weight is 301 g/mol. The molecule has 5 heteroatoms. The first-order valence-electron chi connectivity index (χ1n) is 7.64. The second-order valence-electron chi connectivity index (χ2n) is 6.14. The third-order valence-corrected chi connectivity index (χ3v) is 4.57.